The number of nitrogens with two attached hydrogens (primary N) is 1. The molecule has 0 radical (unpaired) electrons. The number of amides is 1. The molecule has 2 unspecified atom stereocenters. The maximum absolute atomic E-state index is 11.7. The van der Waals surface area contributed by atoms with E-state index < -0.39 is 0 Å². The van der Waals surface area contributed by atoms with Gasteiger partial charge in [0.25, 0.3) is 0 Å². The van der Waals surface area contributed by atoms with Gasteiger partial charge in [0, 0.05) is 12.5 Å². The maximum Gasteiger partial charge on any atom is 0.220 e. The molecule has 0 saturated heterocycles. The molecule has 0 rings (SSSR count). The lowest BCUT2D eigenvalue weighted by Crippen LogP contribution is -2.32. The normalized spacial score (nSPS) is 14.7. The lowest BCUT2D eigenvalue weighted by molar-refractivity contribution is -0.122. The summed E-state index contributed by atoms with van der Waals surface area (Å²) < 4.78 is 0. The molecule has 0 heterocycles. The zero-order valence-corrected chi connectivity index (χ0v) is 12.0. The summed E-state index contributed by atoms with van der Waals surface area (Å²) in [6.07, 6.45) is 4.79. The maximum atomic E-state index is 11.7. The molecule has 0 aromatic carbocycles. The summed E-state index contributed by atoms with van der Waals surface area (Å²) in [4.78, 5) is 11.7. The fraction of sp³-hybridized carbons (Fsp3) is 0.929. The Hall–Kier alpha value is -0.570. The zero-order chi connectivity index (χ0) is 13.3. The van der Waals surface area contributed by atoms with Gasteiger partial charge in [-0.1, -0.05) is 27.2 Å². The number of carbonyl (C=O) groups excluding carboxylic acids is 1. The van der Waals surface area contributed by atoms with Crippen molar-refractivity contribution in [3.63, 3.8) is 0 Å². The van der Waals surface area contributed by atoms with Gasteiger partial charge in [0.05, 0.1) is 0 Å². The number of hydrogen-bond acceptors (Lipinski definition) is 2. The van der Waals surface area contributed by atoms with Crippen molar-refractivity contribution in [3.05, 3.63) is 0 Å². The first kappa shape index (κ1) is 16.4. The standard InChI is InChI=1S/C14H30N2O/c1-5-6-12(4)16-14(17)8-7-13(9-10-15)11(2)3/h11-13H,5-10,15H2,1-4H3,(H,16,17). The van der Waals surface area contributed by atoms with Crippen molar-refractivity contribution in [1.29, 1.82) is 0 Å². The molecule has 3 N–H and O–H groups in total. The monoisotopic (exact) mass is 242 g/mol. The van der Waals surface area contributed by atoms with Gasteiger partial charge in [0.1, 0.15) is 0 Å². The molecule has 0 saturated carbocycles. The molecule has 1 amide bonds. The van der Waals surface area contributed by atoms with Crippen LogP contribution in [0.2, 0.25) is 0 Å². The molecule has 0 aromatic heterocycles. The van der Waals surface area contributed by atoms with E-state index >= 15 is 0 Å². The molecular formula is C14H30N2O. The van der Waals surface area contributed by atoms with Crippen molar-refractivity contribution in [1.82, 2.24) is 5.32 Å². The molecule has 3 heteroatoms. The molecule has 3 nitrogen and oxygen atoms in total. The van der Waals surface area contributed by atoms with Gasteiger partial charge >= 0.3 is 0 Å². The Kier molecular flexibility index (Phi) is 9.14. The Bertz CT molecular complexity index is 204. The summed E-state index contributed by atoms with van der Waals surface area (Å²) >= 11 is 0. The summed E-state index contributed by atoms with van der Waals surface area (Å²) in [5.74, 6) is 1.38. The number of nitrogens with one attached hydrogen (secondary N) is 1. The van der Waals surface area contributed by atoms with Crippen LogP contribution in [0.25, 0.3) is 0 Å². The zero-order valence-electron chi connectivity index (χ0n) is 12.0. The summed E-state index contributed by atoms with van der Waals surface area (Å²) in [5.41, 5.74) is 5.59. The van der Waals surface area contributed by atoms with Crippen molar-refractivity contribution >= 4 is 5.91 Å². The minimum absolute atomic E-state index is 0.189. The van der Waals surface area contributed by atoms with E-state index in [0.717, 1.165) is 32.2 Å². The average Bonchev–Trinajstić information content (AvgIpc) is 2.23. The molecule has 0 fully saturated rings. The third kappa shape index (κ3) is 8.19. The molecular weight excluding hydrogens is 212 g/mol. The van der Waals surface area contributed by atoms with Crippen molar-refractivity contribution in [2.45, 2.75) is 65.8 Å². The molecule has 2 atom stereocenters. The SMILES string of the molecule is CCCC(C)NC(=O)CCC(CCN)C(C)C. The van der Waals surface area contributed by atoms with E-state index in [1.54, 1.807) is 0 Å². The Morgan fingerprint density at radius 3 is 2.29 bits per heavy atom. The van der Waals surface area contributed by atoms with Crippen molar-refractivity contribution < 1.29 is 4.79 Å². The van der Waals surface area contributed by atoms with Gasteiger partial charge < -0.3 is 11.1 Å². The van der Waals surface area contributed by atoms with E-state index in [4.69, 9.17) is 5.73 Å². The van der Waals surface area contributed by atoms with Crippen LogP contribution in [0.4, 0.5) is 0 Å². The minimum Gasteiger partial charge on any atom is -0.354 e. The van der Waals surface area contributed by atoms with E-state index in [0.29, 0.717) is 24.3 Å². The molecule has 0 aromatic rings. The van der Waals surface area contributed by atoms with Crippen LogP contribution in [-0.4, -0.2) is 18.5 Å². The van der Waals surface area contributed by atoms with Crippen LogP contribution in [0.15, 0.2) is 0 Å². The third-order valence-electron chi connectivity index (χ3n) is 3.35. The number of hydrogen-bond donors (Lipinski definition) is 2. The summed E-state index contributed by atoms with van der Waals surface area (Å²) in [7, 11) is 0. The lowest BCUT2D eigenvalue weighted by Gasteiger charge is -2.20. The molecule has 0 spiro atoms. The molecule has 0 aliphatic heterocycles. The second kappa shape index (κ2) is 9.46. The topological polar surface area (TPSA) is 55.1 Å². The van der Waals surface area contributed by atoms with Gasteiger partial charge in [-0.3, -0.25) is 4.79 Å². The van der Waals surface area contributed by atoms with Crippen LogP contribution < -0.4 is 11.1 Å². The van der Waals surface area contributed by atoms with Crippen LogP contribution in [0, 0.1) is 11.8 Å². The molecule has 17 heavy (non-hydrogen) atoms. The highest BCUT2D eigenvalue weighted by molar-refractivity contribution is 5.76. The summed E-state index contributed by atoms with van der Waals surface area (Å²) in [6.45, 7) is 9.34. The van der Waals surface area contributed by atoms with Crippen LogP contribution in [0.3, 0.4) is 0 Å². The van der Waals surface area contributed by atoms with Crippen molar-refractivity contribution in [2.75, 3.05) is 6.54 Å². The van der Waals surface area contributed by atoms with Gasteiger partial charge in [0.2, 0.25) is 5.91 Å². The number of rotatable bonds is 9. The summed E-state index contributed by atoms with van der Waals surface area (Å²) in [5, 5.41) is 3.05. The molecule has 102 valence electrons. The average molecular weight is 242 g/mol. The van der Waals surface area contributed by atoms with E-state index in [1.165, 1.54) is 0 Å². The third-order valence-corrected chi connectivity index (χ3v) is 3.35. The van der Waals surface area contributed by atoms with Crippen LogP contribution in [0.1, 0.15) is 59.8 Å². The summed E-state index contributed by atoms with van der Waals surface area (Å²) in [6, 6.07) is 0.305. The van der Waals surface area contributed by atoms with Gasteiger partial charge in [-0.15, -0.1) is 0 Å². The minimum atomic E-state index is 0.189. The van der Waals surface area contributed by atoms with Crippen molar-refractivity contribution in [3.8, 4) is 0 Å². The van der Waals surface area contributed by atoms with Gasteiger partial charge in [-0.25, -0.2) is 0 Å². The molecule has 0 aliphatic rings. The second-order valence-electron chi connectivity index (χ2n) is 5.38. The van der Waals surface area contributed by atoms with Crippen LogP contribution in [0.5, 0.6) is 0 Å². The quantitative estimate of drug-likeness (QED) is 0.653. The first-order valence-corrected chi connectivity index (χ1v) is 7.00. The van der Waals surface area contributed by atoms with Crippen LogP contribution in [-0.2, 0) is 4.79 Å². The fourth-order valence-electron chi connectivity index (χ4n) is 2.19. The highest BCUT2D eigenvalue weighted by atomic mass is 16.1. The second-order valence-corrected chi connectivity index (χ2v) is 5.38. The largest absolute Gasteiger partial charge is 0.354 e. The van der Waals surface area contributed by atoms with E-state index in [-0.39, 0.29) is 5.91 Å². The van der Waals surface area contributed by atoms with Crippen LogP contribution >= 0.6 is 0 Å². The van der Waals surface area contributed by atoms with Gasteiger partial charge in [-0.05, 0) is 44.6 Å². The Morgan fingerprint density at radius 2 is 1.82 bits per heavy atom. The van der Waals surface area contributed by atoms with E-state index in [2.05, 4.69) is 33.0 Å². The fourth-order valence-corrected chi connectivity index (χ4v) is 2.19. The van der Waals surface area contributed by atoms with Gasteiger partial charge in [-0.2, -0.15) is 0 Å². The predicted molar refractivity (Wildman–Crippen MR) is 73.7 cm³/mol. The van der Waals surface area contributed by atoms with E-state index in [1.807, 2.05) is 0 Å². The Morgan fingerprint density at radius 1 is 1.18 bits per heavy atom. The smallest absolute Gasteiger partial charge is 0.220 e. The first-order valence-electron chi connectivity index (χ1n) is 7.00. The molecule has 0 bridgehead atoms. The van der Waals surface area contributed by atoms with E-state index in [9.17, 15) is 4.79 Å². The van der Waals surface area contributed by atoms with Gasteiger partial charge in [0.15, 0.2) is 0 Å². The highest BCUT2D eigenvalue weighted by Crippen LogP contribution is 2.20. The highest BCUT2D eigenvalue weighted by Gasteiger charge is 2.15. The van der Waals surface area contributed by atoms with Crippen molar-refractivity contribution in [2.24, 2.45) is 17.6 Å². The lowest BCUT2D eigenvalue weighted by atomic mass is 9.88. The molecule has 0 aliphatic carbocycles. The first-order chi connectivity index (χ1) is 8.01. The number of carbonyl (C=O) groups is 1. The Labute approximate surface area is 107 Å². The predicted octanol–water partition coefficient (Wildman–Crippen LogP) is 2.69. The Balaban J connectivity index is 3.87.